The van der Waals surface area contributed by atoms with E-state index in [2.05, 4.69) is 17.6 Å². The van der Waals surface area contributed by atoms with Crippen molar-refractivity contribution in [1.29, 1.82) is 0 Å². The summed E-state index contributed by atoms with van der Waals surface area (Å²) in [5.41, 5.74) is 2.16. The fraction of sp³-hybridized carbons (Fsp3) is 0.500. The van der Waals surface area contributed by atoms with Gasteiger partial charge in [-0.1, -0.05) is 25.1 Å². The average molecular weight is 248 g/mol. The molecule has 98 valence electrons. The van der Waals surface area contributed by atoms with Crippen LogP contribution in [0.1, 0.15) is 18.4 Å². The van der Waals surface area contributed by atoms with Crippen LogP contribution in [0.25, 0.3) is 0 Å². The standard InChI is InChI=1S/C14H20N2O2/c1-10(9-18-2)7-16-14(17)12-8-15-13-6-4-3-5-11(12)13/h3-6,10,12,15H,7-9H2,1-2H3,(H,16,17). The van der Waals surface area contributed by atoms with E-state index in [1.165, 1.54) is 0 Å². The summed E-state index contributed by atoms with van der Waals surface area (Å²) in [6, 6.07) is 7.97. The van der Waals surface area contributed by atoms with Crippen LogP contribution < -0.4 is 10.6 Å². The third kappa shape index (κ3) is 2.82. The molecule has 2 unspecified atom stereocenters. The SMILES string of the molecule is COCC(C)CNC(=O)C1CNc2ccccc21. The maximum absolute atomic E-state index is 12.1. The van der Waals surface area contributed by atoms with Crippen molar-refractivity contribution in [3.8, 4) is 0 Å². The average Bonchev–Trinajstić information content (AvgIpc) is 2.80. The number of ether oxygens (including phenoxy) is 1. The lowest BCUT2D eigenvalue weighted by Crippen LogP contribution is -2.34. The van der Waals surface area contributed by atoms with Gasteiger partial charge in [-0.3, -0.25) is 4.79 Å². The Labute approximate surface area is 108 Å². The van der Waals surface area contributed by atoms with Crippen LogP contribution in [0.2, 0.25) is 0 Å². The Morgan fingerprint density at radius 3 is 3.11 bits per heavy atom. The van der Waals surface area contributed by atoms with E-state index >= 15 is 0 Å². The Bertz CT molecular complexity index is 420. The first kappa shape index (κ1) is 12.9. The third-order valence-corrected chi connectivity index (χ3v) is 3.23. The number of fused-ring (bicyclic) bond motifs is 1. The van der Waals surface area contributed by atoms with Gasteiger partial charge in [0.15, 0.2) is 0 Å². The number of benzene rings is 1. The van der Waals surface area contributed by atoms with Crippen LogP contribution in [0, 0.1) is 5.92 Å². The number of rotatable bonds is 5. The Morgan fingerprint density at radius 1 is 1.56 bits per heavy atom. The predicted octanol–water partition coefficient (Wildman–Crippen LogP) is 1.59. The maximum Gasteiger partial charge on any atom is 0.229 e. The highest BCUT2D eigenvalue weighted by Gasteiger charge is 2.27. The van der Waals surface area contributed by atoms with Gasteiger partial charge in [-0.25, -0.2) is 0 Å². The highest BCUT2D eigenvalue weighted by Crippen LogP contribution is 2.30. The van der Waals surface area contributed by atoms with Gasteiger partial charge in [0.2, 0.25) is 5.91 Å². The molecule has 1 aromatic rings. The number of anilines is 1. The van der Waals surface area contributed by atoms with Crippen LogP contribution in [0.15, 0.2) is 24.3 Å². The summed E-state index contributed by atoms with van der Waals surface area (Å²) in [7, 11) is 1.68. The molecule has 0 spiro atoms. The lowest BCUT2D eigenvalue weighted by atomic mass is 10.0. The van der Waals surface area contributed by atoms with Gasteiger partial charge in [0.25, 0.3) is 0 Å². The van der Waals surface area contributed by atoms with Crippen molar-refractivity contribution < 1.29 is 9.53 Å². The molecule has 0 aromatic heterocycles. The van der Waals surface area contributed by atoms with Gasteiger partial charge in [-0.15, -0.1) is 0 Å². The molecule has 1 aromatic carbocycles. The molecule has 0 bridgehead atoms. The molecule has 0 saturated heterocycles. The van der Waals surface area contributed by atoms with Gasteiger partial charge in [-0.05, 0) is 17.5 Å². The van der Waals surface area contributed by atoms with Gasteiger partial charge in [0.1, 0.15) is 0 Å². The zero-order valence-corrected chi connectivity index (χ0v) is 10.9. The van der Waals surface area contributed by atoms with E-state index in [4.69, 9.17) is 4.74 Å². The number of hydrogen-bond donors (Lipinski definition) is 2. The Kier molecular flexibility index (Phi) is 4.20. The lowest BCUT2D eigenvalue weighted by molar-refractivity contribution is -0.122. The van der Waals surface area contributed by atoms with Gasteiger partial charge in [0, 0.05) is 25.9 Å². The zero-order valence-electron chi connectivity index (χ0n) is 10.9. The van der Waals surface area contributed by atoms with Crippen LogP contribution in [-0.2, 0) is 9.53 Å². The van der Waals surface area contributed by atoms with Gasteiger partial charge < -0.3 is 15.4 Å². The summed E-state index contributed by atoms with van der Waals surface area (Å²) in [6.07, 6.45) is 0. The van der Waals surface area contributed by atoms with E-state index in [0.717, 1.165) is 11.3 Å². The number of hydrogen-bond acceptors (Lipinski definition) is 3. The highest BCUT2D eigenvalue weighted by atomic mass is 16.5. The van der Waals surface area contributed by atoms with Crippen molar-refractivity contribution in [2.75, 3.05) is 32.1 Å². The molecule has 0 fully saturated rings. The quantitative estimate of drug-likeness (QED) is 0.832. The van der Waals surface area contributed by atoms with Gasteiger partial charge in [-0.2, -0.15) is 0 Å². The summed E-state index contributed by atoms with van der Waals surface area (Å²) in [5.74, 6) is 0.356. The minimum Gasteiger partial charge on any atom is -0.384 e. The zero-order chi connectivity index (χ0) is 13.0. The van der Waals surface area contributed by atoms with Crippen molar-refractivity contribution in [2.45, 2.75) is 12.8 Å². The van der Waals surface area contributed by atoms with Crippen molar-refractivity contribution in [2.24, 2.45) is 5.92 Å². The van der Waals surface area contributed by atoms with Crippen molar-refractivity contribution in [1.82, 2.24) is 5.32 Å². The molecule has 1 amide bonds. The Hall–Kier alpha value is -1.55. The van der Waals surface area contributed by atoms with Gasteiger partial charge in [0.05, 0.1) is 12.5 Å². The van der Waals surface area contributed by atoms with Crippen LogP contribution in [0.3, 0.4) is 0 Å². The number of nitrogens with one attached hydrogen (secondary N) is 2. The van der Waals surface area contributed by atoms with E-state index in [9.17, 15) is 4.79 Å². The van der Waals surface area contributed by atoms with Crippen LogP contribution in [-0.4, -0.2) is 32.7 Å². The summed E-state index contributed by atoms with van der Waals surface area (Å²) in [4.78, 5) is 12.1. The normalized spacial score (nSPS) is 18.9. The molecular weight excluding hydrogens is 228 g/mol. The van der Waals surface area contributed by atoms with Crippen molar-refractivity contribution in [3.63, 3.8) is 0 Å². The number of amides is 1. The Balaban J connectivity index is 1.91. The second-order valence-electron chi connectivity index (χ2n) is 4.83. The first-order valence-corrected chi connectivity index (χ1v) is 6.31. The maximum atomic E-state index is 12.1. The first-order valence-electron chi connectivity index (χ1n) is 6.31. The molecule has 2 N–H and O–H groups in total. The number of para-hydroxylation sites is 1. The molecular formula is C14H20N2O2. The molecule has 0 aliphatic carbocycles. The molecule has 0 radical (unpaired) electrons. The summed E-state index contributed by atoms with van der Waals surface area (Å²) in [6.45, 7) is 4.07. The number of carbonyl (C=O) groups excluding carboxylic acids is 1. The van der Waals surface area contributed by atoms with Gasteiger partial charge >= 0.3 is 0 Å². The number of methoxy groups -OCH3 is 1. The van der Waals surface area contributed by atoms with E-state index in [1.54, 1.807) is 7.11 Å². The fourth-order valence-corrected chi connectivity index (χ4v) is 2.26. The van der Waals surface area contributed by atoms with E-state index in [-0.39, 0.29) is 11.8 Å². The molecule has 1 aliphatic heterocycles. The minimum atomic E-state index is -0.0732. The molecule has 2 atom stereocenters. The van der Waals surface area contributed by atoms with Crippen LogP contribution in [0.5, 0.6) is 0 Å². The van der Waals surface area contributed by atoms with E-state index < -0.39 is 0 Å². The van der Waals surface area contributed by atoms with Crippen LogP contribution >= 0.6 is 0 Å². The summed E-state index contributed by atoms with van der Waals surface area (Å²) >= 11 is 0. The minimum absolute atomic E-state index is 0.0732. The predicted molar refractivity (Wildman–Crippen MR) is 71.7 cm³/mol. The van der Waals surface area contributed by atoms with Crippen molar-refractivity contribution in [3.05, 3.63) is 29.8 Å². The topological polar surface area (TPSA) is 50.4 Å². The molecule has 1 heterocycles. The summed E-state index contributed by atoms with van der Waals surface area (Å²) in [5, 5.41) is 6.25. The smallest absolute Gasteiger partial charge is 0.229 e. The lowest BCUT2D eigenvalue weighted by Gasteiger charge is -2.14. The van der Waals surface area contributed by atoms with Crippen LogP contribution in [0.4, 0.5) is 5.69 Å². The second-order valence-corrected chi connectivity index (χ2v) is 4.83. The molecule has 0 saturated carbocycles. The largest absolute Gasteiger partial charge is 0.384 e. The van der Waals surface area contributed by atoms with Crippen molar-refractivity contribution >= 4 is 11.6 Å². The molecule has 18 heavy (non-hydrogen) atoms. The summed E-state index contributed by atoms with van der Waals surface area (Å²) < 4.78 is 5.05. The van der Waals surface area contributed by atoms with E-state index in [1.807, 2.05) is 24.3 Å². The Morgan fingerprint density at radius 2 is 2.33 bits per heavy atom. The fourth-order valence-electron chi connectivity index (χ4n) is 2.26. The second kappa shape index (κ2) is 5.87. The van der Waals surface area contributed by atoms with E-state index in [0.29, 0.717) is 25.6 Å². The molecule has 1 aliphatic rings. The first-order chi connectivity index (χ1) is 8.72. The monoisotopic (exact) mass is 248 g/mol. The molecule has 2 rings (SSSR count). The number of carbonyl (C=O) groups is 1. The molecule has 4 heteroatoms. The molecule has 4 nitrogen and oxygen atoms in total. The highest BCUT2D eigenvalue weighted by molar-refractivity contribution is 5.88. The third-order valence-electron chi connectivity index (χ3n) is 3.23.